The number of hydrogen-bond donors (Lipinski definition) is 2. The van der Waals surface area contributed by atoms with Crippen molar-refractivity contribution in [1.82, 2.24) is 10.2 Å². The number of hydrogen-bond acceptors (Lipinski definition) is 3. The van der Waals surface area contributed by atoms with Crippen LogP contribution < -0.4 is 5.32 Å². The Kier molecular flexibility index (Phi) is 5.73. The van der Waals surface area contributed by atoms with E-state index in [4.69, 9.17) is 0 Å². The predicted octanol–water partition coefficient (Wildman–Crippen LogP) is 1.61. The maximum atomic E-state index is 9.61. The third-order valence-corrected chi connectivity index (χ3v) is 3.30. The number of aliphatic hydroxyl groups is 1. The van der Waals surface area contributed by atoms with Gasteiger partial charge in [0.15, 0.2) is 0 Å². The van der Waals surface area contributed by atoms with Crippen LogP contribution in [0.25, 0.3) is 0 Å². The van der Waals surface area contributed by atoms with Crippen LogP contribution in [-0.2, 0) is 0 Å². The van der Waals surface area contributed by atoms with Crippen LogP contribution in [0.1, 0.15) is 46.5 Å². The van der Waals surface area contributed by atoms with Gasteiger partial charge in [-0.05, 0) is 65.7 Å². The lowest BCUT2D eigenvalue weighted by atomic mass is 10.0. The van der Waals surface area contributed by atoms with E-state index in [0.717, 1.165) is 13.0 Å². The summed E-state index contributed by atoms with van der Waals surface area (Å²) in [7, 11) is 0. The van der Waals surface area contributed by atoms with Crippen molar-refractivity contribution in [3.63, 3.8) is 0 Å². The molecule has 1 aliphatic heterocycles. The molecule has 0 aromatic heterocycles. The first-order chi connectivity index (χ1) is 7.51. The number of piperidine rings is 1. The van der Waals surface area contributed by atoms with Gasteiger partial charge in [-0.2, -0.15) is 0 Å². The smallest absolute Gasteiger partial charge is 0.0603 e. The van der Waals surface area contributed by atoms with Crippen molar-refractivity contribution in [3.05, 3.63) is 0 Å². The van der Waals surface area contributed by atoms with E-state index >= 15 is 0 Å². The minimum absolute atomic E-state index is 0.532. The van der Waals surface area contributed by atoms with E-state index in [1.165, 1.54) is 38.9 Å². The molecular weight excluding hydrogens is 200 g/mol. The van der Waals surface area contributed by atoms with Crippen LogP contribution in [0.2, 0.25) is 0 Å². The highest BCUT2D eigenvalue weighted by Gasteiger charge is 2.19. The van der Waals surface area contributed by atoms with E-state index in [1.807, 2.05) is 13.8 Å². The third-order valence-electron chi connectivity index (χ3n) is 3.30. The molecule has 0 spiro atoms. The number of likely N-dealkylation sites (tertiary alicyclic amines) is 1. The van der Waals surface area contributed by atoms with Crippen LogP contribution in [0.3, 0.4) is 0 Å². The molecule has 1 fully saturated rings. The molecule has 3 heteroatoms. The van der Waals surface area contributed by atoms with Crippen LogP contribution in [0.5, 0.6) is 0 Å². The van der Waals surface area contributed by atoms with Gasteiger partial charge in [-0.15, -0.1) is 0 Å². The van der Waals surface area contributed by atoms with Crippen molar-refractivity contribution >= 4 is 0 Å². The first kappa shape index (κ1) is 13.9. The second kappa shape index (κ2) is 6.58. The summed E-state index contributed by atoms with van der Waals surface area (Å²) in [5.74, 6) is 0. The van der Waals surface area contributed by atoms with Crippen molar-refractivity contribution in [2.75, 3.05) is 26.2 Å². The summed E-state index contributed by atoms with van der Waals surface area (Å²) < 4.78 is 0. The minimum atomic E-state index is -0.532. The molecule has 0 aliphatic carbocycles. The van der Waals surface area contributed by atoms with E-state index < -0.39 is 5.60 Å². The maximum absolute atomic E-state index is 9.61. The van der Waals surface area contributed by atoms with Gasteiger partial charge in [-0.1, -0.05) is 6.92 Å². The molecule has 96 valence electrons. The molecule has 0 bridgehead atoms. The van der Waals surface area contributed by atoms with Gasteiger partial charge in [0.2, 0.25) is 0 Å². The molecule has 0 atom stereocenters. The zero-order chi connectivity index (χ0) is 12.0. The second-order valence-corrected chi connectivity index (χ2v) is 5.63. The van der Waals surface area contributed by atoms with E-state index in [2.05, 4.69) is 17.1 Å². The van der Waals surface area contributed by atoms with Gasteiger partial charge in [0.1, 0.15) is 0 Å². The zero-order valence-electron chi connectivity index (χ0n) is 11.1. The lowest BCUT2D eigenvalue weighted by Crippen LogP contribution is -2.43. The van der Waals surface area contributed by atoms with Crippen LogP contribution >= 0.6 is 0 Å². The van der Waals surface area contributed by atoms with Gasteiger partial charge in [0.25, 0.3) is 0 Å². The van der Waals surface area contributed by atoms with Gasteiger partial charge in [0.05, 0.1) is 5.60 Å². The predicted molar refractivity (Wildman–Crippen MR) is 68.7 cm³/mol. The van der Waals surface area contributed by atoms with Crippen molar-refractivity contribution in [1.29, 1.82) is 0 Å². The number of nitrogens with one attached hydrogen (secondary N) is 1. The van der Waals surface area contributed by atoms with Crippen LogP contribution in [0.15, 0.2) is 0 Å². The highest BCUT2D eigenvalue weighted by molar-refractivity contribution is 4.78. The van der Waals surface area contributed by atoms with E-state index in [-0.39, 0.29) is 0 Å². The van der Waals surface area contributed by atoms with Crippen LogP contribution in [0, 0.1) is 0 Å². The standard InChI is InChI=1S/C13H28N2O/c1-4-9-15-10-5-12(6-11-15)14-8-7-13(2,3)16/h12,14,16H,4-11H2,1-3H3. The van der Waals surface area contributed by atoms with Crippen molar-refractivity contribution in [2.24, 2.45) is 0 Å². The van der Waals surface area contributed by atoms with Crippen LogP contribution in [0.4, 0.5) is 0 Å². The summed E-state index contributed by atoms with van der Waals surface area (Å²) in [6.45, 7) is 10.6. The Morgan fingerprint density at radius 3 is 2.44 bits per heavy atom. The maximum Gasteiger partial charge on any atom is 0.0603 e. The molecule has 1 saturated heterocycles. The normalized spacial score (nSPS) is 20.2. The summed E-state index contributed by atoms with van der Waals surface area (Å²) in [6.07, 6.45) is 4.61. The Labute approximate surface area is 100 Å². The fraction of sp³-hybridized carbons (Fsp3) is 1.00. The Bertz CT molecular complexity index is 181. The number of nitrogens with zero attached hydrogens (tertiary/aromatic N) is 1. The van der Waals surface area contributed by atoms with Gasteiger partial charge in [-0.3, -0.25) is 0 Å². The molecule has 0 unspecified atom stereocenters. The van der Waals surface area contributed by atoms with Crippen LogP contribution in [-0.4, -0.2) is 47.8 Å². The molecule has 3 nitrogen and oxygen atoms in total. The Hall–Kier alpha value is -0.120. The second-order valence-electron chi connectivity index (χ2n) is 5.63. The zero-order valence-corrected chi connectivity index (χ0v) is 11.1. The van der Waals surface area contributed by atoms with E-state index in [0.29, 0.717) is 6.04 Å². The van der Waals surface area contributed by atoms with E-state index in [1.54, 1.807) is 0 Å². The summed E-state index contributed by atoms with van der Waals surface area (Å²) in [4.78, 5) is 2.55. The highest BCUT2D eigenvalue weighted by atomic mass is 16.3. The summed E-state index contributed by atoms with van der Waals surface area (Å²) >= 11 is 0. The fourth-order valence-electron chi connectivity index (χ4n) is 2.26. The molecule has 16 heavy (non-hydrogen) atoms. The quantitative estimate of drug-likeness (QED) is 0.725. The molecule has 1 aliphatic rings. The van der Waals surface area contributed by atoms with Crippen molar-refractivity contribution in [2.45, 2.75) is 58.1 Å². The Balaban J connectivity index is 2.08. The summed E-state index contributed by atoms with van der Waals surface area (Å²) in [5.41, 5.74) is -0.532. The van der Waals surface area contributed by atoms with E-state index in [9.17, 15) is 5.11 Å². The van der Waals surface area contributed by atoms with Crippen molar-refractivity contribution in [3.8, 4) is 0 Å². The Morgan fingerprint density at radius 1 is 1.31 bits per heavy atom. The first-order valence-electron chi connectivity index (χ1n) is 6.69. The summed E-state index contributed by atoms with van der Waals surface area (Å²) in [6, 6.07) is 0.662. The topological polar surface area (TPSA) is 35.5 Å². The van der Waals surface area contributed by atoms with Gasteiger partial charge >= 0.3 is 0 Å². The lowest BCUT2D eigenvalue weighted by molar-refractivity contribution is 0.0692. The molecule has 0 amide bonds. The highest BCUT2D eigenvalue weighted by Crippen LogP contribution is 2.11. The Morgan fingerprint density at radius 2 is 1.94 bits per heavy atom. The third kappa shape index (κ3) is 5.83. The molecule has 1 heterocycles. The molecule has 0 aromatic carbocycles. The average molecular weight is 228 g/mol. The molecule has 2 N–H and O–H groups in total. The molecule has 0 radical (unpaired) electrons. The minimum Gasteiger partial charge on any atom is -0.390 e. The first-order valence-corrected chi connectivity index (χ1v) is 6.69. The largest absolute Gasteiger partial charge is 0.390 e. The molecule has 0 aromatic rings. The molecular formula is C13H28N2O. The number of rotatable bonds is 6. The SMILES string of the molecule is CCCN1CCC(NCCC(C)(C)O)CC1. The van der Waals surface area contributed by atoms with Gasteiger partial charge < -0.3 is 15.3 Å². The van der Waals surface area contributed by atoms with Gasteiger partial charge in [-0.25, -0.2) is 0 Å². The fourth-order valence-corrected chi connectivity index (χ4v) is 2.26. The molecule has 1 rings (SSSR count). The van der Waals surface area contributed by atoms with Gasteiger partial charge in [0, 0.05) is 6.04 Å². The van der Waals surface area contributed by atoms with Crippen molar-refractivity contribution < 1.29 is 5.11 Å². The molecule has 0 saturated carbocycles. The average Bonchev–Trinajstić information content (AvgIpc) is 2.19. The lowest BCUT2D eigenvalue weighted by Gasteiger charge is -2.32. The summed E-state index contributed by atoms with van der Waals surface area (Å²) in [5, 5.41) is 13.2. The monoisotopic (exact) mass is 228 g/mol.